The molecule has 0 aliphatic rings. The molecule has 0 saturated heterocycles. The van der Waals surface area contributed by atoms with Gasteiger partial charge in [-0.2, -0.15) is 0 Å². The van der Waals surface area contributed by atoms with Crippen LogP contribution >= 0.6 is 11.3 Å². The normalized spacial score (nSPS) is 12.1. The number of nitrogens with one attached hydrogen (secondary N) is 1. The standard InChI is InChI=1S/C23H22N4O3S/c1-14(2)18(10-20(28)29)26-23-27-21(22(31-23)17-4-3-9-24-11-17)16-7-5-15(6-8-16)19-12-25-13-30-19/h3-9,11-14,18H,10H2,1-2H3,(H,26,27)(H,28,29). The molecule has 158 valence electrons. The summed E-state index contributed by atoms with van der Waals surface area (Å²) in [6, 6.07) is 11.6. The van der Waals surface area contributed by atoms with Gasteiger partial charge in [0.1, 0.15) is 0 Å². The maximum absolute atomic E-state index is 11.3. The van der Waals surface area contributed by atoms with Crippen molar-refractivity contribution in [3.8, 4) is 33.0 Å². The Hall–Kier alpha value is -3.52. The summed E-state index contributed by atoms with van der Waals surface area (Å²) in [5.41, 5.74) is 3.66. The number of carbonyl (C=O) groups is 1. The van der Waals surface area contributed by atoms with E-state index in [0.29, 0.717) is 10.9 Å². The van der Waals surface area contributed by atoms with Gasteiger partial charge in [0.15, 0.2) is 17.3 Å². The molecule has 4 rings (SSSR count). The highest BCUT2D eigenvalue weighted by molar-refractivity contribution is 7.19. The van der Waals surface area contributed by atoms with E-state index in [1.165, 1.54) is 17.7 Å². The van der Waals surface area contributed by atoms with Crippen LogP contribution in [0.15, 0.2) is 65.8 Å². The molecule has 3 aromatic heterocycles. The van der Waals surface area contributed by atoms with Crippen molar-refractivity contribution in [1.82, 2.24) is 15.0 Å². The molecule has 3 heterocycles. The molecule has 0 fully saturated rings. The summed E-state index contributed by atoms with van der Waals surface area (Å²) in [5.74, 6) is 0.0121. The Morgan fingerprint density at radius 3 is 2.48 bits per heavy atom. The summed E-state index contributed by atoms with van der Waals surface area (Å²) >= 11 is 1.50. The number of aromatic nitrogens is 3. The van der Waals surface area contributed by atoms with Gasteiger partial charge in [0.25, 0.3) is 0 Å². The van der Waals surface area contributed by atoms with E-state index in [-0.39, 0.29) is 18.4 Å². The van der Waals surface area contributed by atoms with Crippen LogP contribution in [-0.4, -0.2) is 32.1 Å². The first-order chi connectivity index (χ1) is 15.0. The van der Waals surface area contributed by atoms with Crippen LogP contribution in [0.25, 0.3) is 33.0 Å². The smallest absolute Gasteiger partial charge is 0.305 e. The molecule has 0 spiro atoms. The highest BCUT2D eigenvalue weighted by Crippen LogP contribution is 2.39. The maximum Gasteiger partial charge on any atom is 0.305 e. The van der Waals surface area contributed by atoms with Crippen LogP contribution in [0.5, 0.6) is 0 Å². The predicted molar refractivity (Wildman–Crippen MR) is 121 cm³/mol. The summed E-state index contributed by atoms with van der Waals surface area (Å²) in [7, 11) is 0. The lowest BCUT2D eigenvalue weighted by Gasteiger charge is -2.19. The van der Waals surface area contributed by atoms with E-state index in [4.69, 9.17) is 9.40 Å². The number of carboxylic acid groups (broad SMARTS) is 1. The Labute approximate surface area is 183 Å². The van der Waals surface area contributed by atoms with E-state index < -0.39 is 5.97 Å². The molecule has 1 aromatic carbocycles. The van der Waals surface area contributed by atoms with Crippen molar-refractivity contribution >= 4 is 22.4 Å². The van der Waals surface area contributed by atoms with Crippen molar-refractivity contribution < 1.29 is 14.3 Å². The van der Waals surface area contributed by atoms with Gasteiger partial charge in [-0.25, -0.2) is 9.97 Å². The van der Waals surface area contributed by atoms with Gasteiger partial charge in [-0.15, -0.1) is 0 Å². The summed E-state index contributed by atoms with van der Waals surface area (Å²) in [4.78, 5) is 25.3. The lowest BCUT2D eigenvalue weighted by molar-refractivity contribution is -0.137. The molecular formula is C23H22N4O3S. The number of carboxylic acids is 1. The third-order valence-electron chi connectivity index (χ3n) is 4.93. The first-order valence-electron chi connectivity index (χ1n) is 9.90. The van der Waals surface area contributed by atoms with Crippen molar-refractivity contribution in [2.45, 2.75) is 26.3 Å². The predicted octanol–water partition coefficient (Wildman–Crippen LogP) is 5.44. The molecule has 8 heteroatoms. The van der Waals surface area contributed by atoms with Gasteiger partial charge in [-0.05, 0) is 12.0 Å². The molecule has 0 saturated carbocycles. The zero-order valence-corrected chi connectivity index (χ0v) is 18.0. The number of hydrogen-bond donors (Lipinski definition) is 2. The zero-order valence-electron chi connectivity index (χ0n) is 17.1. The summed E-state index contributed by atoms with van der Waals surface area (Å²) in [6.45, 7) is 4.00. The van der Waals surface area contributed by atoms with E-state index in [0.717, 1.165) is 27.3 Å². The summed E-state index contributed by atoms with van der Waals surface area (Å²) < 4.78 is 5.37. The third kappa shape index (κ3) is 4.80. The molecule has 2 N–H and O–H groups in total. The van der Waals surface area contributed by atoms with Gasteiger partial charge in [-0.1, -0.05) is 55.5 Å². The fourth-order valence-corrected chi connectivity index (χ4v) is 4.26. The number of nitrogens with zero attached hydrogens (tertiary/aromatic N) is 3. The van der Waals surface area contributed by atoms with Crippen LogP contribution < -0.4 is 5.32 Å². The van der Waals surface area contributed by atoms with Gasteiger partial charge >= 0.3 is 5.97 Å². The number of benzene rings is 1. The Balaban J connectivity index is 1.71. The second kappa shape index (κ2) is 9.09. The average molecular weight is 435 g/mol. The number of aliphatic carboxylic acids is 1. The molecular weight excluding hydrogens is 412 g/mol. The SMILES string of the molecule is CC(C)C(CC(=O)O)Nc1nc(-c2ccc(-c3cnco3)cc2)c(-c2cccnc2)s1. The monoisotopic (exact) mass is 434 g/mol. The fraction of sp³-hybridized carbons (Fsp3) is 0.217. The van der Waals surface area contributed by atoms with Gasteiger partial charge < -0.3 is 14.8 Å². The fourth-order valence-electron chi connectivity index (χ4n) is 3.22. The molecule has 7 nitrogen and oxygen atoms in total. The minimum Gasteiger partial charge on any atom is -0.481 e. The van der Waals surface area contributed by atoms with Crippen LogP contribution in [0.2, 0.25) is 0 Å². The molecule has 0 aliphatic heterocycles. The molecule has 0 aliphatic carbocycles. The van der Waals surface area contributed by atoms with Crippen LogP contribution in [0.1, 0.15) is 20.3 Å². The molecule has 0 radical (unpaired) electrons. The first-order valence-corrected chi connectivity index (χ1v) is 10.7. The highest BCUT2D eigenvalue weighted by atomic mass is 32.1. The van der Waals surface area contributed by atoms with Crippen LogP contribution in [0.3, 0.4) is 0 Å². The topological polar surface area (TPSA) is 101 Å². The van der Waals surface area contributed by atoms with E-state index in [9.17, 15) is 9.90 Å². The second-order valence-corrected chi connectivity index (χ2v) is 8.47. The Bertz CT molecular complexity index is 1140. The Morgan fingerprint density at radius 1 is 1.10 bits per heavy atom. The van der Waals surface area contributed by atoms with Gasteiger partial charge in [0, 0.05) is 35.1 Å². The average Bonchev–Trinajstić information content (AvgIpc) is 3.44. The summed E-state index contributed by atoms with van der Waals surface area (Å²) in [6.07, 6.45) is 6.65. The van der Waals surface area contributed by atoms with Gasteiger partial charge in [-0.3, -0.25) is 9.78 Å². The van der Waals surface area contributed by atoms with Crippen molar-refractivity contribution in [3.05, 3.63) is 61.4 Å². The summed E-state index contributed by atoms with van der Waals surface area (Å²) in [5, 5.41) is 13.3. The van der Waals surface area contributed by atoms with Gasteiger partial charge in [0.05, 0.1) is 23.2 Å². The first kappa shape index (κ1) is 20.7. The molecule has 1 unspecified atom stereocenters. The van der Waals surface area contributed by atoms with E-state index in [1.54, 1.807) is 18.6 Å². The third-order valence-corrected chi connectivity index (χ3v) is 5.97. The van der Waals surface area contributed by atoms with Crippen LogP contribution in [0, 0.1) is 5.92 Å². The number of thiazole rings is 1. The lowest BCUT2D eigenvalue weighted by atomic mass is 10.0. The van der Waals surface area contributed by atoms with Crippen LogP contribution in [0.4, 0.5) is 5.13 Å². The number of hydrogen-bond acceptors (Lipinski definition) is 7. The number of rotatable bonds is 8. The van der Waals surface area contributed by atoms with Crippen molar-refractivity contribution in [2.24, 2.45) is 5.92 Å². The van der Waals surface area contributed by atoms with E-state index >= 15 is 0 Å². The quantitative estimate of drug-likeness (QED) is 0.381. The zero-order chi connectivity index (χ0) is 21.8. The van der Waals surface area contributed by atoms with Crippen molar-refractivity contribution in [1.29, 1.82) is 0 Å². The highest BCUT2D eigenvalue weighted by Gasteiger charge is 2.21. The number of oxazole rings is 1. The largest absolute Gasteiger partial charge is 0.481 e. The molecule has 0 amide bonds. The van der Waals surface area contributed by atoms with Crippen molar-refractivity contribution in [2.75, 3.05) is 5.32 Å². The molecule has 4 aromatic rings. The minimum absolute atomic E-state index is 0.0285. The number of anilines is 1. The van der Waals surface area contributed by atoms with Gasteiger partial charge in [0.2, 0.25) is 0 Å². The number of pyridine rings is 1. The second-order valence-electron chi connectivity index (χ2n) is 7.47. The van der Waals surface area contributed by atoms with E-state index in [1.807, 2.05) is 50.2 Å². The Morgan fingerprint density at radius 2 is 1.87 bits per heavy atom. The van der Waals surface area contributed by atoms with E-state index in [2.05, 4.69) is 15.3 Å². The maximum atomic E-state index is 11.3. The molecule has 0 bridgehead atoms. The molecule has 31 heavy (non-hydrogen) atoms. The molecule has 1 atom stereocenters. The minimum atomic E-state index is -0.835. The van der Waals surface area contributed by atoms with Crippen LogP contribution in [-0.2, 0) is 4.79 Å². The van der Waals surface area contributed by atoms with Crippen molar-refractivity contribution in [3.63, 3.8) is 0 Å². The lowest BCUT2D eigenvalue weighted by Crippen LogP contribution is -2.28. The Kier molecular flexibility index (Phi) is 6.08.